The fourth-order valence-electron chi connectivity index (χ4n) is 2.30. The molecule has 0 atom stereocenters. The van der Waals surface area contributed by atoms with Crippen LogP contribution >= 0.6 is 11.8 Å². The summed E-state index contributed by atoms with van der Waals surface area (Å²) in [5.41, 5.74) is 1.79. The molecule has 0 saturated heterocycles. The Morgan fingerprint density at radius 1 is 1.11 bits per heavy atom. The predicted molar refractivity (Wildman–Crippen MR) is 107 cm³/mol. The number of hydrogen-bond acceptors (Lipinski definition) is 7. The molecule has 3 aromatic rings. The first-order valence-corrected chi connectivity index (χ1v) is 9.79. The molecular weight excluding hydrogens is 378 g/mol. The maximum absolute atomic E-state index is 12.2. The number of aryl methyl sites for hydroxylation is 1. The molecule has 0 spiro atoms. The van der Waals surface area contributed by atoms with Crippen LogP contribution in [-0.4, -0.2) is 28.5 Å². The molecule has 146 valence electrons. The number of hydrogen-bond donors (Lipinski definition) is 1. The topological polar surface area (TPSA) is 86.5 Å². The van der Waals surface area contributed by atoms with Crippen molar-refractivity contribution in [1.29, 1.82) is 0 Å². The van der Waals surface area contributed by atoms with Crippen LogP contribution in [0.15, 0.2) is 58.2 Å². The van der Waals surface area contributed by atoms with Gasteiger partial charge in [0.25, 0.3) is 11.1 Å². The summed E-state index contributed by atoms with van der Waals surface area (Å²) in [6, 6.07) is 15.0. The number of ether oxygens (including phenoxy) is 2. The number of thioether (sulfide) groups is 1. The lowest BCUT2D eigenvalue weighted by Crippen LogP contribution is -2.14. The van der Waals surface area contributed by atoms with Crippen LogP contribution in [0.25, 0.3) is 0 Å². The third-order valence-corrected chi connectivity index (χ3v) is 4.44. The van der Waals surface area contributed by atoms with Crippen LogP contribution in [0.1, 0.15) is 18.4 Å². The molecule has 8 heteroatoms. The van der Waals surface area contributed by atoms with Crippen LogP contribution in [0.5, 0.6) is 11.5 Å². The molecule has 0 aliphatic carbocycles. The number of carbonyl (C=O) groups excluding carboxylic acids is 1. The molecule has 0 bridgehead atoms. The van der Waals surface area contributed by atoms with Gasteiger partial charge in [0.05, 0.1) is 18.0 Å². The molecule has 0 radical (unpaired) electrons. The monoisotopic (exact) mass is 399 g/mol. The van der Waals surface area contributed by atoms with Crippen LogP contribution in [0, 0.1) is 6.92 Å². The lowest BCUT2D eigenvalue weighted by Gasteiger charge is -2.10. The molecule has 1 N–H and O–H groups in total. The minimum atomic E-state index is -0.187. The second-order valence-corrected chi connectivity index (χ2v) is 6.76. The van der Waals surface area contributed by atoms with Gasteiger partial charge in [-0.05, 0) is 38.1 Å². The van der Waals surface area contributed by atoms with E-state index in [2.05, 4.69) is 15.5 Å². The van der Waals surface area contributed by atoms with E-state index in [4.69, 9.17) is 13.9 Å². The molecule has 0 unspecified atom stereocenters. The summed E-state index contributed by atoms with van der Waals surface area (Å²) in [6.07, 6.45) is 0. The Labute approximate surface area is 167 Å². The number of carbonyl (C=O) groups is 1. The van der Waals surface area contributed by atoms with Crippen LogP contribution in [0.4, 0.5) is 5.69 Å². The first kappa shape index (κ1) is 19.8. The third-order valence-electron chi connectivity index (χ3n) is 3.62. The zero-order valence-corrected chi connectivity index (χ0v) is 16.5. The number of benzene rings is 2. The Morgan fingerprint density at radius 3 is 2.68 bits per heavy atom. The van der Waals surface area contributed by atoms with Gasteiger partial charge >= 0.3 is 0 Å². The third kappa shape index (κ3) is 5.75. The van der Waals surface area contributed by atoms with E-state index in [0.717, 1.165) is 23.1 Å². The normalized spacial score (nSPS) is 10.5. The second kappa shape index (κ2) is 9.80. The van der Waals surface area contributed by atoms with E-state index in [0.29, 0.717) is 29.2 Å². The van der Waals surface area contributed by atoms with E-state index in [9.17, 15) is 4.79 Å². The van der Waals surface area contributed by atoms with Gasteiger partial charge in [0.2, 0.25) is 5.91 Å². The van der Waals surface area contributed by atoms with Crippen molar-refractivity contribution >= 4 is 23.4 Å². The van der Waals surface area contributed by atoms with Crippen molar-refractivity contribution in [2.24, 2.45) is 0 Å². The maximum Gasteiger partial charge on any atom is 0.277 e. The highest BCUT2D eigenvalue weighted by molar-refractivity contribution is 7.99. The van der Waals surface area contributed by atoms with Crippen LogP contribution in [0.3, 0.4) is 0 Å². The smallest absolute Gasteiger partial charge is 0.277 e. The van der Waals surface area contributed by atoms with Gasteiger partial charge in [0.15, 0.2) is 6.61 Å². The van der Waals surface area contributed by atoms with Crippen LogP contribution in [0.2, 0.25) is 0 Å². The molecule has 0 saturated carbocycles. The van der Waals surface area contributed by atoms with E-state index < -0.39 is 0 Å². The van der Waals surface area contributed by atoms with Gasteiger partial charge in [-0.3, -0.25) is 4.79 Å². The van der Waals surface area contributed by atoms with Gasteiger partial charge in [-0.2, -0.15) is 0 Å². The SMILES string of the molecule is CCOc1ccccc1NC(=O)CSc1nnc(COc2ccc(C)cc2)o1. The highest BCUT2D eigenvalue weighted by Crippen LogP contribution is 2.24. The molecule has 1 aromatic heterocycles. The summed E-state index contributed by atoms with van der Waals surface area (Å²) in [7, 11) is 0. The Morgan fingerprint density at radius 2 is 1.89 bits per heavy atom. The Bertz CT molecular complexity index is 912. The summed E-state index contributed by atoms with van der Waals surface area (Å²) in [6.45, 7) is 4.60. The molecule has 1 amide bonds. The predicted octanol–water partition coefficient (Wildman–Crippen LogP) is 4.09. The van der Waals surface area contributed by atoms with Crippen molar-refractivity contribution in [3.8, 4) is 11.5 Å². The van der Waals surface area contributed by atoms with E-state index in [1.54, 1.807) is 6.07 Å². The van der Waals surface area contributed by atoms with Crippen molar-refractivity contribution < 1.29 is 18.7 Å². The number of aromatic nitrogens is 2. The summed E-state index contributed by atoms with van der Waals surface area (Å²) in [5, 5.41) is 11.0. The maximum atomic E-state index is 12.2. The first-order chi connectivity index (χ1) is 13.6. The van der Waals surface area contributed by atoms with E-state index in [-0.39, 0.29) is 18.3 Å². The number of nitrogens with zero attached hydrogens (tertiary/aromatic N) is 2. The lowest BCUT2D eigenvalue weighted by molar-refractivity contribution is -0.113. The van der Waals surface area contributed by atoms with Crippen molar-refractivity contribution in [2.75, 3.05) is 17.7 Å². The van der Waals surface area contributed by atoms with E-state index >= 15 is 0 Å². The quantitative estimate of drug-likeness (QED) is 0.542. The molecule has 0 aliphatic heterocycles. The second-order valence-electron chi connectivity index (χ2n) is 5.83. The summed E-state index contributed by atoms with van der Waals surface area (Å²) in [5.74, 6) is 1.67. The number of amides is 1. The number of nitrogens with one attached hydrogen (secondary N) is 1. The highest BCUT2D eigenvalue weighted by Gasteiger charge is 2.12. The van der Waals surface area contributed by atoms with Gasteiger partial charge in [0, 0.05) is 0 Å². The minimum Gasteiger partial charge on any atom is -0.492 e. The molecule has 2 aromatic carbocycles. The van der Waals surface area contributed by atoms with Gasteiger partial charge in [-0.1, -0.05) is 41.6 Å². The number of para-hydroxylation sites is 2. The number of anilines is 1. The Kier molecular flexibility index (Phi) is 6.91. The van der Waals surface area contributed by atoms with E-state index in [1.165, 1.54) is 0 Å². The zero-order valence-electron chi connectivity index (χ0n) is 15.7. The fraction of sp³-hybridized carbons (Fsp3) is 0.250. The van der Waals surface area contributed by atoms with Crippen LogP contribution in [-0.2, 0) is 11.4 Å². The molecule has 3 rings (SSSR count). The summed E-state index contributed by atoms with van der Waals surface area (Å²) >= 11 is 1.16. The largest absolute Gasteiger partial charge is 0.492 e. The molecule has 7 nitrogen and oxygen atoms in total. The highest BCUT2D eigenvalue weighted by atomic mass is 32.2. The summed E-state index contributed by atoms with van der Waals surface area (Å²) in [4.78, 5) is 12.2. The Hall–Kier alpha value is -3.00. The zero-order chi connectivity index (χ0) is 19.8. The molecular formula is C20H21N3O4S. The number of rotatable bonds is 9. The van der Waals surface area contributed by atoms with Gasteiger partial charge in [0.1, 0.15) is 11.5 Å². The first-order valence-electron chi connectivity index (χ1n) is 8.80. The standard InChI is InChI=1S/C20H21N3O4S/c1-3-25-17-7-5-4-6-16(17)21-18(24)13-28-20-23-22-19(27-20)12-26-15-10-8-14(2)9-11-15/h4-11H,3,12-13H2,1-2H3,(H,21,24). The fourth-order valence-corrected chi connectivity index (χ4v) is 2.88. The average Bonchev–Trinajstić information content (AvgIpc) is 3.16. The Balaban J connectivity index is 1.47. The molecule has 0 aliphatic rings. The van der Waals surface area contributed by atoms with Crippen molar-refractivity contribution in [3.63, 3.8) is 0 Å². The van der Waals surface area contributed by atoms with E-state index in [1.807, 2.05) is 56.3 Å². The average molecular weight is 399 g/mol. The van der Waals surface area contributed by atoms with Crippen molar-refractivity contribution in [2.45, 2.75) is 25.7 Å². The molecule has 0 fully saturated rings. The van der Waals surface area contributed by atoms with Gasteiger partial charge in [-0.25, -0.2) is 0 Å². The van der Waals surface area contributed by atoms with Crippen molar-refractivity contribution in [3.05, 3.63) is 60.0 Å². The van der Waals surface area contributed by atoms with Crippen molar-refractivity contribution in [1.82, 2.24) is 10.2 Å². The molecule has 1 heterocycles. The molecule has 28 heavy (non-hydrogen) atoms. The minimum absolute atomic E-state index is 0.140. The lowest BCUT2D eigenvalue weighted by atomic mass is 10.2. The summed E-state index contributed by atoms with van der Waals surface area (Å²) < 4.78 is 16.6. The van der Waals surface area contributed by atoms with Gasteiger partial charge in [-0.15, -0.1) is 10.2 Å². The van der Waals surface area contributed by atoms with Crippen LogP contribution < -0.4 is 14.8 Å². The van der Waals surface area contributed by atoms with Gasteiger partial charge < -0.3 is 19.2 Å².